The zero-order chi connectivity index (χ0) is 18.0. The smallest absolute Gasteiger partial charge is 0.319 e. The number of nitrogens with one attached hydrogen (secondary N) is 2. The molecule has 9 heteroatoms. The minimum Gasteiger partial charge on any atom is -0.480 e. The van der Waals surface area contributed by atoms with Gasteiger partial charge in [-0.2, -0.15) is 0 Å². The number of carboxylic acid groups (broad SMARTS) is 1. The van der Waals surface area contributed by atoms with Crippen molar-refractivity contribution in [3.8, 4) is 0 Å². The van der Waals surface area contributed by atoms with E-state index in [4.69, 9.17) is 16.6 Å². The molecule has 0 rings (SSSR count). The van der Waals surface area contributed by atoms with Crippen LogP contribution in [0, 0.1) is 5.92 Å². The first-order valence-corrected chi connectivity index (χ1v) is 7.64. The zero-order valence-corrected chi connectivity index (χ0v) is 14.0. The maximum Gasteiger partial charge on any atom is 0.319 e. The summed E-state index contributed by atoms with van der Waals surface area (Å²) in [7, 11) is 1.45. The summed E-state index contributed by atoms with van der Waals surface area (Å²) in [6.07, 6.45) is 0.978. The standard InChI is InChI=1S/C14H29N5O4/c1-9(2)6-11(16)14(23)17-10(4-5-15)7-12(20)18-19(3)8-13(21)22/h9-11H,4-8,15-16H2,1-3H3,(H,17,23)(H,18,20)(H,21,22)/t10-,11+/m0/s1. The van der Waals surface area contributed by atoms with Gasteiger partial charge in [0.1, 0.15) is 6.54 Å². The van der Waals surface area contributed by atoms with E-state index in [0.717, 1.165) is 5.01 Å². The van der Waals surface area contributed by atoms with E-state index in [9.17, 15) is 14.4 Å². The molecule has 0 saturated heterocycles. The molecule has 7 N–H and O–H groups in total. The molecular formula is C14H29N5O4. The molecule has 0 aromatic carbocycles. The molecule has 0 aliphatic rings. The van der Waals surface area contributed by atoms with Gasteiger partial charge in [0.25, 0.3) is 0 Å². The molecule has 2 atom stereocenters. The largest absolute Gasteiger partial charge is 0.480 e. The highest BCUT2D eigenvalue weighted by Gasteiger charge is 2.21. The van der Waals surface area contributed by atoms with Crippen LogP contribution < -0.4 is 22.2 Å². The van der Waals surface area contributed by atoms with Gasteiger partial charge in [0.2, 0.25) is 11.8 Å². The third-order valence-corrected chi connectivity index (χ3v) is 3.04. The van der Waals surface area contributed by atoms with Crippen LogP contribution in [-0.2, 0) is 14.4 Å². The average molecular weight is 331 g/mol. The van der Waals surface area contributed by atoms with E-state index in [-0.39, 0.29) is 24.8 Å². The maximum absolute atomic E-state index is 12.0. The Morgan fingerprint density at radius 2 is 1.87 bits per heavy atom. The summed E-state index contributed by atoms with van der Waals surface area (Å²) in [6.45, 7) is 3.92. The van der Waals surface area contributed by atoms with E-state index in [2.05, 4.69) is 10.7 Å². The first-order chi connectivity index (χ1) is 10.6. The lowest BCUT2D eigenvalue weighted by Gasteiger charge is -2.22. The molecule has 0 bridgehead atoms. The highest BCUT2D eigenvalue weighted by atomic mass is 16.4. The Morgan fingerprint density at radius 1 is 1.26 bits per heavy atom. The molecule has 0 radical (unpaired) electrons. The third kappa shape index (κ3) is 10.6. The second-order valence-electron chi connectivity index (χ2n) is 6.01. The van der Waals surface area contributed by atoms with Crippen molar-refractivity contribution in [2.24, 2.45) is 17.4 Å². The van der Waals surface area contributed by atoms with Crippen LogP contribution in [0.1, 0.15) is 33.1 Å². The van der Waals surface area contributed by atoms with Crippen molar-refractivity contribution >= 4 is 17.8 Å². The summed E-state index contributed by atoms with van der Waals surface area (Å²) in [6, 6.07) is -1.07. The molecular weight excluding hydrogens is 302 g/mol. The molecule has 0 heterocycles. The fourth-order valence-electron chi connectivity index (χ4n) is 2.07. The number of hydrazine groups is 1. The highest BCUT2D eigenvalue weighted by Crippen LogP contribution is 2.04. The number of carbonyl (C=O) groups is 3. The van der Waals surface area contributed by atoms with Crippen molar-refractivity contribution in [3.05, 3.63) is 0 Å². The summed E-state index contributed by atoms with van der Waals surface area (Å²) >= 11 is 0. The minimum atomic E-state index is -1.06. The van der Waals surface area contributed by atoms with Gasteiger partial charge in [0, 0.05) is 19.5 Å². The molecule has 0 fully saturated rings. The van der Waals surface area contributed by atoms with Crippen LogP contribution in [0.5, 0.6) is 0 Å². The summed E-state index contributed by atoms with van der Waals surface area (Å²) in [5.41, 5.74) is 13.7. The van der Waals surface area contributed by atoms with E-state index in [1.165, 1.54) is 7.05 Å². The lowest BCUT2D eigenvalue weighted by atomic mass is 10.0. The van der Waals surface area contributed by atoms with Gasteiger partial charge in [-0.25, -0.2) is 5.01 Å². The molecule has 134 valence electrons. The first-order valence-electron chi connectivity index (χ1n) is 7.64. The molecule has 0 aromatic heterocycles. The van der Waals surface area contributed by atoms with Crippen LogP contribution in [0.4, 0.5) is 0 Å². The number of likely N-dealkylation sites (N-methyl/N-ethyl adjacent to an activating group) is 1. The Bertz CT molecular complexity index is 403. The van der Waals surface area contributed by atoms with Crippen molar-refractivity contribution in [1.82, 2.24) is 15.8 Å². The molecule has 0 aliphatic carbocycles. The molecule has 0 unspecified atom stereocenters. The molecule has 0 aromatic rings. The molecule has 9 nitrogen and oxygen atoms in total. The van der Waals surface area contributed by atoms with Gasteiger partial charge in [0.05, 0.1) is 6.04 Å². The lowest BCUT2D eigenvalue weighted by Crippen LogP contribution is -2.49. The average Bonchev–Trinajstić information content (AvgIpc) is 2.36. The van der Waals surface area contributed by atoms with Gasteiger partial charge in [-0.1, -0.05) is 13.8 Å². The quantitative estimate of drug-likeness (QED) is 0.293. The Hall–Kier alpha value is -1.71. The highest BCUT2D eigenvalue weighted by molar-refractivity contribution is 5.83. The van der Waals surface area contributed by atoms with Crippen molar-refractivity contribution in [2.45, 2.75) is 45.2 Å². The Morgan fingerprint density at radius 3 is 2.35 bits per heavy atom. The van der Waals surface area contributed by atoms with E-state index in [1.807, 2.05) is 13.8 Å². The molecule has 0 spiro atoms. The van der Waals surface area contributed by atoms with Crippen molar-refractivity contribution in [3.63, 3.8) is 0 Å². The van der Waals surface area contributed by atoms with Gasteiger partial charge >= 0.3 is 5.97 Å². The van der Waals surface area contributed by atoms with Crippen LogP contribution in [0.2, 0.25) is 0 Å². The second-order valence-corrected chi connectivity index (χ2v) is 6.01. The number of nitrogens with zero attached hydrogens (tertiary/aromatic N) is 1. The van der Waals surface area contributed by atoms with Crippen molar-refractivity contribution < 1.29 is 19.5 Å². The van der Waals surface area contributed by atoms with Gasteiger partial charge in [-0.15, -0.1) is 0 Å². The predicted octanol–water partition coefficient (Wildman–Crippen LogP) is -1.37. The lowest BCUT2D eigenvalue weighted by molar-refractivity contribution is -0.139. The first kappa shape index (κ1) is 21.3. The molecule has 2 amide bonds. The Kier molecular flexibility index (Phi) is 10.1. The van der Waals surface area contributed by atoms with E-state index >= 15 is 0 Å². The number of carbonyl (C=O) groups excluding carboxylic acids is 2. The Labute approximate surface area is 136 Å². The summed E-state index contributed by atoms with van der Waals surface area (Å²) in [5, 5.41) is 12.5. The van der Waals surface area contributed by atoms with Crippen LogP contribution in [0.25, 0.3) is 0 Å². The van der Waals surface area contributed by atoms with Crippen LogP contribution in [0.15, 0.2) is 0 Å². The second kappa shape index (κ2) is 10.9. The minimum absolute atomic E-state index is 0.00129. The van der Waals surface area contributed by atoms with Crippen LogP contribution in [0.3, 0.4) is 0 Å². The van der Waals surface area contributed by atoms with Crippen LogP contribution in [-0.4, -0.2) is 60.1 Å². The van der Waals surface area contributed by atoms with Crippen molar-refractivity contribution in [2.75, 3.05) is 20.1 Å². The molecule has 0 aliphatic heterocycles. The zero-order valence-electron chi connectivity index (χ0n) is 14.0. The van der Waals surface area contributed by atoms with Crippen molar-refractivity contribution in [1.29, 1.82) is 0 Å². The summed E-state index contributed by atoms with van der Waals surface area (Å²) in [4.78, 5) is 34.4. The normalized spacial score (nSPS) is 13.7. The number of amides is 2. The number of hydrogen-bond donors (Lipinski definition) is 5. The number of carboxylic acids is 1. The summed E-state index contributed by atoms with van der Waals surface area (Å²) in [5.74, 6) is -1.48. The fraction of sp³-hybridized carbons (Fsp3) is 0.786. The van der Waals surface area contributed by atoms with E-state index in [1.54, 1.807) is 0 Å². The monoisotopic (exact) mass is 331 g/mol. The van der Waals surface area contributed by atoms with Crippen LogP contribution >= 0.6 is 0 Å². The van der Waals surface area contributed by atoms with E-state index < -0.39 is 24.0 Å². The topological polar surface area (TPSA) is 151 Å². The molecule has 23 heavy (non-hydrogen) atoms. The number of hydrogen-bond acceptors (Lipinski definition) is 6. The molecule has 0 saturated carbocycles. The van der Waals surface area contributed by atoms with Gasteiger partial charge in [-0.05, 0) is 25.3 Å². The van der Waals surface area contributed by atoms with Gasteiger partial charge < -0.3 is 21.9 Å². The Balaban J connectivity index is 4.47. The maximum atomic E-state index is 12.0. The van der Waals surface area contributed by atoms with Gasteiger partial charge in [0.15, 0.2) is 0 Å². The number of aliphatic carboxylic acids is 1. The third-order valence-electron chi connectivity index (χ3n) is 3.04. The van der Waals surface area contributed by atoms with Gasteiger partial charge in [-0.3, -0.25) is 19.8 Å². The number of rotatable bonds is 11. The summed E-state index contributed by atoms with van der Waals surface area (Å²) < 4.78 is 0. The predicted molar refractivity (Wildman–Crippen MR) is 86.1 cm³/mol. The number of nitrogens with two attached hydrogens (primary N) is 2. The van der Waals surface area contributed by atoms with E-state index in [0.29, 0.717) is 19.4 Å². The SMILES string of the molecule is CC(C)C[C@@H](N)C(=O)N[C@@H](CCN)CC(=O)NN(C)CC(=O)O. The fourth-order valence-corrected chi connectivity index (χ4v) is 2.07.